The first-order chi connectivity index (χ1) is 9.61. The molecule has 0 aliphatic carbocycles. The van der Waals surface area contributed by atoms with Crippen LogP contribution >= 0.6 is 0 Å². The molecule has 0 spiro atoms. The third kappa shape index (κ3) is 3.20. The van der Waals surface area contributed by atoms with Crippen LogP contribution in [0.1, 0.15) is 31.4 Å². The largest absolute Gasteiger partial charge is 0.493 e. The van der Waals surface area contributed by atoms with Crippen molar-refractivity contribution < 1.29 is 19.4 Å². The number of amides is 2. The topological polar surface area (TPSA) is 87.7 Å². The summed E-state index contributed by atoms with van der Waals surface area (Å²) in [5.74, 6) is -0.274. The Bertz CT molecular complexity index is 504. The minimum atomic E-state index is -1.03. The molecule has 1 aromatic rings. The second kappa shape index (κ2) is 6.27. The molecule has 0 fully saturated rings. The molecular formula is C14H18N2O4. The third-order valence-corrected chi connectivity index (χ3v) is 3.28. The molecule has 1 aliphatic heterocycles. The number of para-hydroxylation sites is 1. The zero-order chi connectivity index (χ0) is 14.5. The number of nitrogens with one attached hydrogen (secondary N) is 2. The zero-order valence-electron chi connectivity index (χ0n) is 11.3. The second-order valence-electron chi connectivity index (χ2n) is 4.64. The fourth-order valence-corrected chi connectivity index (χ4v) is 2.19. The summed E-state index contributed by atoms with van der Waals surface area (Å²) in [4.78, 5) is 22.8. The lowest BCUT2D eigenvalue weighted by Gasteiger charge is -2.27. The number of benzene rings is 1. The van der Waals surface area contributed by atoms with Gasteiger partial charge in [0.25, 0.3) is 0 Å². The van der Waals surface area contributed by atoms with Crippen LogP contribution in [0.4, 0.5) is 4.79 Å². The highest BCUT2D eigenvalue weighted by molar-refractivity contribution is 5.82. The van der Waals surface area contributed by atoms with Crippen LogP contribution in [0.5, 0.6) is 5.75 Å². The minimum absolute atomic E-state index is 0.161. The summed E-state index contributed by atoms with van der Waals surface area (Å²) < 4.78 is 5.51. The van der Waals surface area contributed by atoms with E-state index in [1.54, 1.807) is 6.92 Å². The molecule has 1 aromatic carbocycles. The summed E-state index contributed by atoms with van der Waals surface area (Å²) in [6.07, 6.45) is 1.00. The predicted molar refractivity (Wildman–Crippen MR) is 72.7 cm³/mol. The second-order valence-corrected chi connectivity index (χ2v) is 4.64. The van der Waals surface area contributed by atoms with Crippen molar-refractivity contribution >= 4 is 12.0 Å². The van der Waals surface area contributed by atoms with Gasteiger partial charge in [-0.2, -0.15) is 0 Å². The number of carboxylic acid groups (broad SMARTS) is 1. The normalized spacial score (nSPS) is 18.4. The van der Waals surface area contributed by atoms with Crippen molar-refractivity contribution in [2.45, 2.75) is 31.8 Å². The van der Waals surface area contributed by atoms with Crippen LogP contribution in [0, 0.1) is 0 Å². The van der Waals surface area contributed by atoms with Crippen LogP contribution in [0.25, 0.3) is 0 Å². The van der Waals surface area contributed by atoms with E-state index in [-0.39, 0.29) is 6.04 Å². The number of hydrogen-bond acceptors (Lipinski definition) is 3. The fourth-order valence-electron chi connectivity index (χ4n) is 2.19. The summed E-state index contributed by atoms with van der Waals surface area (Å²) in [5.41, 5.74) is 0.914. The highest BCUT2D eigenvalue weighted by Crippen LogP contribution is 2.31. The quantitative estimate of drug-likeness (QED) is 0.781. The molecule has 1 heterocycles. The highest BCUT2D eigenvalue weighted by Gasteiger charge is 2.24. The minimum Gasteiger partial charge on any atom is -0.493 e. The molecular weight excluding hydrogens is 260 g/mol. The molecule has 108 valence electrons. The van der Waals surface area contributed by atoms with Gasteiger partial charge in [-0.05, 0) is 12.5 Å². The maximum Gasteiger partial charge on any atom is 0.326 e. The Morgan fingerprint density at radius 3 is 2.90 bits per heavy atom. The van der Waals surface area contributed by atoms with Gasteiger partial charge in [-0.1, -0.05) is 25.1 Å². The Morgan fingerprint density at radius 1 is 1.45 bits per heavy atom. The lowest BCUT2D eigenvalue weighted by molar-refractivity contribution is -0.139. The van der Waals surface area contributed by atoms with E-state index in [1.807, 2.05) is 24.3 Å². The Kier molecular flexibility index (Phi) is 4.45. The maximum atomic E-state index is 11.9. The first-order valence-corrected chi connectivity index (χ1v) is 6.63. The molecule has 2 amide bonds. The van der Waals surface area contributed by atoms with E-state index in [4.69, 9.17) is 9.84 Å². The van der Waals surface area contributed by atoms with E-state index in [9.17, 15) is 9.59 Å². The third-order valence-electron chi connectivity index (χ3n) is 3.28. The van der Waals surface area contributed by atoms with Crippen LogP contribution in [0.15, 0.2) is 24.3 Å². The summed E-state index contributed by atoms with van der Waals surface area (Å²) in [6.45, 7) is 2.24. The van der Waals surface area contributed by atoms with Crippen LogP contribution in [0.2, 0.25) is 0 Å². The van der Waals surface area contributed by atoms with Crippen molar-refractivity contribution in [3.63, 3.8) is 0 Å². The Balaban J connectivity index is 2.01. The number of urea groups is 1. The average Bonchev–Trinajstić information content (AvgIpc) is 2.45. The van der Waals surface area contributed by atoms with Gasteiger partial charge in [-0.15, -0.1) is 0 Å². The molecule has 1 unspecified atom stereocenters. The molecule has 2 rings (SSSR count). The number of carboxylic acids is 1. The number of ether oxygens (including phenoxy) is 1. The van der Waals surface area contributed by atoms with Gasteiger partial charge in [-0.25, -0.2) is 9.59 Å². The van der Waals surface area contributed by atoms with Crippen molar-refractivity contribution in [1.82, 2.24) is 10.6 Å². The summed E-state index contributed by atoms with van der Waals surface area (Å²) in [7, 11) is 0. The molecule has 0 bridgehead atoms. The standard InChI is InChI=1S/C14H18N2O4/c1-2-10(13(17)18)15-14(19)16-11-7-8-20-12-6-4-3-5-9(11)12/h3-6,10-11H,2,7-8H2,1H3,(H,17,18)(H2,15,16,19)/t10-,11?/m0/s1. The first-order valence-electron chi connectivity index (χ1n) is 6.63. The average molecular weight is 278 g/mol. The van der Waals surface area contributed by atoms with E-state index in [0.717, 1.165) is 11.3 Å². The van der Waals surface area contributed by atoms with Crippen molar-refractivity contribution in [2.75, 3.05) is 6.61 Å². The van der Waals surface area contributed by atoms with Crippen molar-refractivity contribution in [1.29, 1.82) is 0 Å². The lowest BCUT2D eigenvalue weighted by Crippen LogP contribution is -2.47. The number of carbonyl (C=O) groups is 2. The molecule has 0 radical (unpaired) electrons. The first kappa shape index (κ1) is 14.2. The van der Waals surface area contributed by atoms with E-state index in [2.05, 4.69) is 10.6 Å². The molecule has 0 saturated carbocycles. The summed E-state index contributed by atoms with van der Waals surface area (Å²) in [6, 6.07) is 6.00. The van der Waals surface area contributed by atoms with Gasteiger partial charge in [0.05, 0.1) is 12.6 Å². The molecule has 6 heteroatoms. The SMILES string of the molecule is CC[C@H](NC(=O)NC1CCOc2ccccc21)C(=O)O. The number of rotatable bonds is 4. The Hall–Kier alpha value is -2.24. The summed E-state index contributed by atoms with van der Waals surface area (Å²) >= 11 is 0. The van der Waals surface area contributed by atoms with Crippen molar-refractivity contribution in [3.8, 4) is 5.75 Å². The van der Waals surface area contributed by atoms with E-state index in [0.29, 0.717) is 19.4 Å². The smallest absolute Gasteiger partial charge is 0.326 e. The van der Waals surface area contributed by atoms with E-state index in [1.165, 1.54) is 0 Å². The molecule has 20 heavy (non-hydrogen) atoms. The monoisotopic (exact) mass is 278 g/mol. The van der Waals surface area contributed by atoms with Gasteiger partial charge in [0.2, 0.25) is 0 Å². The van der Waals surface area contributed by atoms with Crippen LogP contribution in [-0.4, -0.2) is 29.8 Å². The Labute approximate surface area is 117 Å². The highest BCUT2D eigenvalue weighted by atomic mass is 16.5. The summed E-state index contributed by atoms with van der Waals surface area (Å²) in [5, 5.41) is 14.2. The van der Waals surface area contributed by atoms with E-state index < -0.39 is 18.0 Å². The lowest BCUT2D eigenvalue weighted by atomic mass is 10.0. The van der Waals surface area contributed by atoms with Gasteiger partial charge in [0.15, 0.2) is 0 Å². The van der Waals surface area contributed by atoms with Gasteiger partial charge in [0.1, 0.15) is 11.8 Å². The van der Waals surface area contributed by atoms with E-state index >= 15 is 0 Å². The van der Waals surface area contributed by atoms with Crippen LogP contribution < -0.4 is 15.4 Å². The number of hydrogen-bond donors (Lipinski definition) is 3. The Morgan fingerprint density at radius 2 is 2.20 bits per heavy atom. The molecule has 6 nitrogen and oxygen atoms in total. The van der Waals surface area contributed by atoms with Gasteiger partial charge in [0, 0.05) is 12.0 Å². The number of aliphatic carboxylic acids is 1. The maximum absolute atomic E-state index is 11.9. The molecule has 0 saturated heterocycles. The van der Waals surface area contributed by atoms with Gasteiger partial charge < -0.3 is 20.5 Å². The molecule has 3 N–H and O–H groups in total. The fraction of sp³-hybridized carbons (Fsp3) is 0.429. The zero-order valence-corrected chi connectivity index (χ0v) is 11.3. The molecule has 2 atom stereocenters. The molecule has 0 aromatic heterocycles. The number of fused-ring (bicyclic) bond motifs is 1. The van der Waals surface area contributed by atoms with Crippen LogP contribution in [0.3, 0.4) is 0 Å². The predicted octanol–water partition coefficient (Wildman–Crippen LogP) is 1.67. The van der Waals surface area contributed by atoms with Gasteiger partial charge >= 0.3 is 12.0 Å². The van der Waals surface area contributed by atoms with Crippen molar-refractivity contribution in [2.24, 2.45) is 0 Å². The molecule has 1 aliphatic rings. The number of carbonyl (C=O) groups excluding carboxylic acids is 1. The van der Waals surface area contributed by atoms with Gasteiger partial charge in [-0.3, -0.25) is 0 Å². The van der Waals surface area contributed by atoms with Crippen LogP contribution in [-0.2, 0) is 4.79 Å². The van der Waals surface area contributed by atoms with Crippen molar-refractivity contribution in [3.05, 3.63) is 29.8 Å².